The number of piperidine rings is 1. The first-order valence-corrected chi connectivity index (χ1v) is 6.28. The van der Waals surface area contributed by atoms with Gasteiger partial charge in [0.15, 0.2) is 0 Å². The number of thiol groups is 1. The van der Waals surface area contributed by atoms with Crippen LogP contribution in [-0.4, -0.2) is 23.4 Å². The van der Waals surface area contributed by atoms with Crippen LogP contribution in [0.1, 0.15) is 51.9 Å². The average Bonchev–Trinajstić information content (AvgIpc) is 2.19. The van der Waals surface area contributed by atoms with E-state index >= 15 is 0 Å². The third-order valence-corrected chi connectivity index (χ3v) is 3.46. The van der Waals surface area contributed by atoms with Gasteiger partial charge in [0.1, 0.15) is 0 Å². The summed E-state index contributed by atoms with van der Waals surface area (Å²) in [6.07, 6.45) is 9.49. The fraction of sp³-hybridized carbons (Fsp3) is 1.00. The molecule has 0 radical (unpaired) electrons. The summed E-state index contributed by atoms with van der Waals surface area (Å²) in [5.41, 5.74) is 0. The fourth-order valence-electron chi connectivity index (χ4n) is 1.98. The van der Waals surface area contributed by atoms with Gasteiger partial charge >= 0.3 is 0 Å². The van der Waals surface area contributed by atoms with Crippen LogP contribution in [0.2, 0.25) is 0 Å². The summed E-state index contributed by atoms with van der Waals surface area (Å²) in [7, 11) is 0. The highest BCUT2D eigenvalue weighted by atomic mass is 32.1. The Balaban J connectivity index is 2.09. The highest BCUT2D eigenvalue weighted by Gasteiger charge is 2.16. The molecule has 1 rings (SSSR count). The van der Waals surface area contributed by atoms with Crippen LogP contribution in [-0.2, 0) is 0 Å². The highest BCUT2D eigenvalue weighted by Crippen LogP contribution is 2.18. The normalized spacial score (nSPS) is 21.7. The minimum Gasteiger partial charge on any atom is -0.292 e. The summed E-state index contributed by atoms with van der Waals surface area (Å²) in [4.78, 5) is 2.54. The number of hydrogen-bond acceptors (Lipinski definition) is 2. The van der Waals surface area contributed by atoms with Gasteiger partial charge in [0.2, 0.25) is 0 Å². The van der Waals surface area contributed by atoms with E-state index in [2.05, 4.69) is 24.5 Å². The van der Waals surface area contributed by atoms with Crippen molar-refractivity contribution in [3.63, 3.8) is 0 Å². The van der Waals surface area contributed by atoms with E-state index in [4.69, 9.17) is 0 Å². The third-order valence-electron chi connectivity index (χ3n) is 2.88. The molecule has 13 heavy (non-hydrogen) atoms. The maximum absolute atomic E-state index is 4.67. The summed E-state index contributed by atoms with van der Waals surface area (Å²) < 4.78 is 0. The van der Waals surface area contributed by atoms with Crippen molar-refractivity contribution < 1.29 is 0 Å². The molecule has 1 aliphatic heterocycles. The molecule has 1 saturated heterocycles. The molecule has 1 aliphatic rings. The molecule has 1 fully saturated rings. The van der Waals surface area contributed by atoms with Crippen molar-refractivity contribution in [3.05, 3.63) is 0 Å². The fourth-order valence-corrected chi connectivity index (χ4v) is 2.39. The van der Waals surface area contributed by atoms with E-state index in [9.17, 15) is 0 Å². The molecule has 0 spiro atoms. The van der Waals surface area contributed by atoms with E-state index in [0.717, 1.165) is 0 Å². The Hall–Kier alpha value is 0.310. The maximum Gasteiger partial charge on any atom is 0.0527 e. The van der Waals surface area contributed by atoms with Gasteiger partial charge < -0.3 is 0 Å². The van der Waals surface area contributed by atoms with E-state index in [1.807, 2.05) is 0 Å². The van der Waals surface area contributed by atoms with Crippen LogP contribution in [0.3, 0.4) is 0 Å². The first-order chi connectivity index (χ1) is 6.34. The van der Waals surface area contributed by atoms with Gasteiger partial charge in [-0.3, -0.25) is 4.90 Å². The molecule has 0 saturated carbocycles. The van der Waals surface area contributed by atoms with Crippen molar-refractivity contribution in [3.8, 4) is 0 Å². The summed E-state index contributed by atoms with van der Waals surface area (Å²) in [5, 5.41) is 0.534. The van der Waals surface area contributed by atoms with Gasteiger partial charge in [0, 0.05) is 0 Å². The minimum atomic E-state index is 0.534. The Kier molecular flexibility index (Phi) is 5.88. The van der Waals surface area contributed by atoms with Crippen LogP contribution in [0, 0.1) is 0 Å². The standard InChI is InChI=1S/C11H23NS/c1-2-3-5-8-11(13)12-9-6-4-7-10-12/h11,13H,2-10H2,1H3. The zero-order chi connectivity index (χ0) is 9.52. The molecular formula is C11H23NS. The second-order valence-corrected chi connectivity index (χ2v) is 4.67. The highest BCUT2D eigenvalue weighted by molar-refractivity contribution is 7.80. The van der Waals surface area contributed by atoms with Crippen LogP contribution < -0.4 is 0 Å². The minimum absolute atomic E-state index is 0.534. The molecule has 0 aromatic carbocycles. The first-order valence-electron chi connectivity index (χ1n) is 5.76. The molecule has 1 atom stereocenters. The van der Waals surface area contributed by atoms with E-state index in [1.165, 1.54) is 58.0 Å². The second kappa shape index (κ2) is 6.72. The van der Waals surface area contributed by atoms with Gasteiger partial charge in [-0.05, 0) is 32.4 Å². The molecule has 1 unspecified atom stereocenters. The molecule has 0 aromatic rings. The second-order valence-electron chi connectivity index (χ2n) is 4.07. The Labute approximate surface area is 88.3 Å². The monoisotopic (exact) mass is 201 g/mol. The van der Waals surface area contributed by atoms with Gasteiger partial charge in [0.05, 0.1) is 5.37 Å². The summed E-state index contributed by atoms with van der Waals surface area (Å²) in [5.74, 6) is 0. The predicted molar refractivity (Wildman–Crippen MR) is 62.3 cm³/mol. The smallest absolute Gasteiger partial charge is 0.0527 e. The van der Waals surface area contributed by atoms with Gasteiger partial charge in [-0.15, -0.1) is 0 Å². The summed E-state index contributed by atoms with van der Waals surface area (Å²) in [6.45, 7) is 4.81. The lowest BCUT2D eigenvalue weighted by atomic mass is 10.1. The molecular weight excluding hydrogens is 178 g/mol. The molecule has 0 N–H and O–H groups in total. The largest absolute Gasteiger partial charge is 0.292 e. The maximum atomic E-state index is 4.67. The molecule has 1 heterocycles. The molecule has 1 nitrogen and oxygen atoms in total. The van der Waals surface area contributed by atoms with Crippen LogP contribution in [0.25, 0.3) is 0 Å². The van der Waals surface area contributed by atoms with Gasteiger partial charge in [-0.25, -0.2) is 0 Å². The Morgan fingerprint density at radius 3 is 2.46 bits per heavy atom. The van der Waals surface area contributed by atoms with Crippen LogP contribution in [0.5, 0.6) is 0 Å². The van der Waals surface area contributed by atoms with E-state index in [0.29, 0.717) is 5.37 Å². The quantitative estimate of drug-likeness (QED) is 0.527. The van der Waals surface area contributed by atoms with Gasteiger partial charge in [0.25, 0.3) is 0 Å². The number of hydrogen-bond donors (Lipinski definition) is 1. The molecule has 0 aliphatic carbocycles. The zero-order valence-corrected chi connectivity index (χ0v) is 9.73. The van der Waals surface area contributed by atoms with Crippen molar-refractivity contribution in [2.24, 2.45) is 0 Å². The van der Waals surface area contributed by atoms with Gasteiger partial charge in [-0.1, -0.05) is 32.6 Å². The van der Waals surface area contributed by atoms with Crippen molar-refractivity contribution >= 4 is 12.6 Å². The molecule has 0 amide bonds. The average molecular weight is 201 g/mol. The van der Waals surface area contributed by atoms with E-state index in [-0.39, 0.29) is 0 Å². The van der Waals surface area contributed by atoms with Crippen molar-refractivity contribution in [2.45, 2.75) is 57.2 Å². The van der Waals surface area contributed by atoms with Gasteiger partial charge in [-0.2, -0.15) is 12.6 Å². The number of rotatable bonds is 5. The van der Waals surface area contributed by atoms with Crippen molar-refractivity contribution in [1.82, 2.24) is 4.90 Å². The van der Waals surface area contributed by atoms with Crippen LogP contribution in [0.4, 0.5) is 0 Å². The first kappa shape index (κ1) is 11.4. The molecule has 2 heteroatoms. The van der Waals surface area contributed by atoms with Crippen molar-refractivity contribution in [2.75, 3.05) is 13.1 Å². The summed E-state index contributed by atoms with van der Waals surface area (Å²) in [6, 6.07) is 0. The predicted octanol–water partition coefficient (Wildman–Crippen LogP) is 3.31. The lowest BCUT2D eigenvalue weighted by molar-refractivity contribution is 0.206. The van der Waals surface area contributed by atoms with Crippen LogP contribution in [0.15, 0.2) is 0 Å². The Bertz CT molecular complexity index is 121. The third kappa shape index (κ3) is 4.37. The Morgan fingerprint density at radius 2 is 1.85 bits per heavy atom. The number of nitrogens with zero attached hydrogens (tertiary/aromatic N) is 1. The SMILES string of the molecule is CCCCCC(S)N1CCCCC1. The molecule has 78 valence electrons. The van der Waals surface area contributed by atoms with E-state index in [1.54, 1.807) is 0 Å². The lowest BCUT2D eigenvalue weighted by Gasteiger charge is -2.31. The van der Waals surface area contributed by atoms with Crippen LogP contribution >= 0.6 is 12.6 Å². The molecule has 0 aromatic heterocycles. The topological polar surface area (TPSA) is 3.24 Å². The van der Waals surface area contributed by atoms with E-state index < -0.39 is 0 Å². The number of unbranched alkanes of at least 4 members (excludes halogenated alkanes) is 2. The zero-order valence-electron chi connectivity index (χ0n) is 8.84. The number of likely N-dealkylation sites (tertiary alicyclic amines) is 1. The lowest BCUT2D eigenvalue weighted by Crippen LogP contribution is -2.35. The Morgan fingerprint density at radius 1 is 1.15 bits per heavy atom. The summed E-state index contributed by atoms with van der Waals surface area (Å²) >= 11 is 4.67. The molecule has 0 bridgehead atoms. The van der Waals surface area contributed by atoms with Crippen molar-refractivity contribution in [1.29, 1.82) is 0 Å².